The van der Waals surface area contributed by atoms with E-state index in [1.807, 2.05) is 0 Å². The highest BCUT2D eigenvalue weighted by Crippen LogP contribution is 2.43. The van der Waals surface area contributed by atoms with Gasteiger partial charge in [0.15, 0.2) is 5.66 Å². The Morgan fingerprint density at radius 1 is 1.80 bits per heavy atom. The molecule has 3 atom stereocenters. The molecule has 1 unspecified atom stereocenters. The van der Waals surface area contributed by atoms with Gasteiger partial charge in [-0.3, -0.25) is 15.3 Å². The van der Waals surface area contributed by atoms with Crippen molar-refractivity contribution in [2.45, 2.75) is 17.1 Å². The summed E-state index contributed by atoms with van der Waals surface area (Å²) in [5.41, 5.74) is 4.22. The van der Waals surface area contributed by atoms with E-state index in [-0.39, 0.29) is 0 Å². The summed E-state index contributed by atoms with van der Waals surface area (Å²) in [4.78, 5) is 33.8. The van der Waals surface area contributed by atoms with Gasteiger partial charge >= 0.3 is 5.97 Å². The number of fused-ring (bicyclic) bond motifs is 1. The maximum Gasteiger partial charge on any atom is 0.327 e. The fourth-order valence-electron chi connectivity index (χ4n) is 1.78. The van der Waals surface area contributed by atoms with E-state index < -0.39 is 29.0 Å². The highest BCUT2D eigenvalue weighted by Gasteiger charge is 2.65. The average Bonchev–Trinajstić information content (AvgIpc) is 2.59. The Kier molecular flexibility index (Phi) is 2.12. The second kappa shape index (κ2) is 3.11. The molecule has 0 saturated carbocycles. The lowest BCUT2D eigenvalue weighted by Gasteiger charge is -2.49. The molecule has 15 heavy (non-hydrogen) atoms. The van der Waals surface area contributed by atoms with Gasteiger partial charge < -0.3 is 15.3 Å². The van der Waals surface area contributed by atoms with Crippen LogP contribution in [0.2, 0.25) is 0 Å². The number of carbonyl (C=O) groups excluding carboxylic acids is 2. The number of aliphatic carboxylic acids is 1. The van der Waals surface area contributed by atoms with Crippen LogP contribution in [0.3, 0.4) is 0 Å². The predicted octanol–water partition coefficient (Wildman–Crippen LogP) is -2.24. The number of amides is 2. The van der Waals surface area contributed by atoms with E-state index in [9.17, 15) is 14.4 Å². The Hall–Kier alpha value is -1.28. The molecule has 7 nitrogen and oxygen atoms in total. The summed E-state index contributed by atoms with van der Waals surface area (Å²) in [5, 5.41) is 10.6. The number of rotatable bonds is 3. The number of carboxylic acid groups (broad SMARTS) is 1. The third-order valence-corrected chi connectivity index (χ3v) is 3.98. The van der Waals surface area contributed by atoms with Crippen molar-refractivity contribution in [2.24, 2.45) is 5.73 Å². The normalized spacial score (nSPS) is 38.2. The van der Waals surface area contributed by atoms with E-state index >= 15 is 0 Å². The van der Waals surface area contributed by atoms with Gasteiger partial charge in [0, 0.05) is 5.75 Å². The maximum absolute atomic E-state index is 11.6. The van der Waals surface area contributed by atoms with Crippen LogP contribution in [0.25, 0.3) is 0 Å². The number of β-lactam (4-membered cyclic amide) rings is 1. The summed E-state index contributed by atoms with van der Waals surface area (Å²) < 4.78 is 0. The third kappa shape index (κ3) is 1.15. The van der Waals surface area contributed by atoms with Gasteiger partial charge in [0.05, 0.1) is 0 Å². The van der Waals surface area contributed by atoms with E-state index in [1.54, 1.807) is 0 Å². The minimum absolute atomic E-state index is 0.297. The van der Waals surface area contributed by atoms with Crippen LogP contribution in [-0.2, 0) is 14.4 Å². The number of carboxylic acids is 1. The lowest BCUT2D eigenvalue weighted by Crippen LogP contribution is -2.82. The first-order chi connectivity index (χ1) is 7.02. The van der Waals surface area contributed by atoms with Crippen molar-refractivity contribution in [3.63, 3.8) is 0 Å². The summed E-state index contributed by atoms with van der Waals surface area (Å²) in [6.07, 6.45) is 0.351. The zero-order valence-corrected chi connectivity index (χ0v) is 8.36. The second-order valence-electron chi connectivity index (χ2n) is 3.38. The molecular formula is C7H9N3O4S. The zero-order chi connectivity index (χ0) is 11.2. The monoisotopic (exact) mass is 231 g/mol. The number of hydrogen-bond acceptors (Lipinski definition) is 5. The van der Waals surface area contributed by atoms with Gasteiger partial charge in [-0.25, -0.2) is 4.79 Å². The van der Waals surface area contributed by atoms with Crippen molar-refractivity contribution < 1.29 is 19.5 Å². The minimum atomic E-state index is -1.43. The molecule has 4 N–H and O–H groups in total. The smallest absolute Gasteiger partial charge is 0.327 e. The van der Waals surface area contributed by atoms with Crippen LogP contribution in [0.5, 0.6) is 0 Å². The van der Waals surface area contributed by atoms with Crippen LogP contribution in [0, 0.1) is 0 Å². The van der Waals surface area contributed by atoms with Crippen LogP contribution < -0.4 is 11.1 Å². The molecule has 0 spiro atoms. The summed E-state index contributed by atoms with van der Waals surface area (Å²) in [5.74, 6) is -1.30. The minimum Gasteiger partial charge on any atom is -0.480 e. The molecule has 8 heteroatoms. The molecule has 2 amide bonds. The largest absolute Gasteiger partial charge is 0.480 e. The molecule has 0 radical (unpaired) electrons. The highest BCUT2D eigenvalue weighted by atomic mass is 32.2. The Labute approximate surface area is 89.0 Å². The topological polar surface area (TPSA) is 113 Å². The van der Waals surface area contributed by atoms with E-state index in [4.69, 9.17) is 10.8 Å². The number of nitrogens with two attached hydrogens (primary N) is 1. The molecule has 2 heterocycles. The number of hydrogen-bond donors (Lipinski definition) is 3. The van der Waals surface area contributed by atoms with Gasteiger partial charge in [-0.05, 0) is 0 Å². The number of nitrogens with one attached hydrogen (secondary N) is 1. The molecule has 2 aliphatic heterocycles. The fraction of sp³-hybridized carbons (Fsp3) is 0.571. The van der Waals surface area contributed by atoms with Crippen molar-refractivity contribution in [1.29, 1.82) is 0 Å². The standard InChI is InChI=1S/C7H9N3O4S/c8-7(9-2-11)5(14)10-3(4(12)13)1-15-6(7)10/h2-3,6H,1,8H2,(H,9,11)(H,12,13)/t3?,6-,7-/m0/s1. The molecule has 2 aliphatic rings. The Balaban J connectivity index is 2.19. The second-order valence-corrected chi connectivity index (χ2v) is 4.50. The van der Waals surface area contributed by atoms with Gasteiger partial charge in [-0.2, -0.15) is 0 Å². The Morgan fingerprint density at radius 2 is 2.47 bits per heavy atom. The first-order valence-electron chi connectivity index (χ1n) is 4.19. The van der Waals surface area contributed by atoms with Crippen molar-refractivity contribution in [3.05, 3.63) is 0 Å². The van der Waals surface area contributed by atoms with Crippen LogP contribution in [-0.4, -0.2) is 51.1 Å². The predicted molar refractivity (Wildman–Crippen MR) is 50.6 cm³/mol. The van der Waals surface area contributed by atoms with Gasteiger partial charge in [0.25, 0.3) is 5.91 Å². The van der Waals surface area contributed by atoms with Crippen molar-refractivity contribution >= 4 is 30.0 Å². The van der Waals surface area contributed by atoms with Gasteiger partial charge in [0.2, 0.25) is 6.41 Å². The number of thioether (sulfide) groups is 1. The highest BCUT2D eigenvalue weighted by molar-refractivity contribution is 8.00. The summed E-state index contributed by atoms with van der Waals surface area (Å²) in [7, 11) is 0. The molecule has 2 saturated heterocycles. The zero-order valence-electron chi connectivity index (χ0n) is 7.54. The number of carbonyl (C=O) groups is 3. The lowest BCUT2D eigenvalue weighted by atomic mass is 9.97. The van der Waals surface area contributed by atoms with Gasteiger partial charge in [-0.15, -0.1) is 11.8 Å². The summed E-state index contributed by atoms with van der Waals surface area (Å²) in [6, 6.07) is -0.836. The van der Waals surface area contributed by atoms with E-state index in [1.165, 1.54) is 16.7 Å². The van der Waals surface area contributed by atoms with Crippen LogP contribution in [0.4, 0.5) is 0 Å². The molecule has 2 rings (SSSR count). The summed E-state index contributed by atoms with van der Waals surface area (Å²) in [6.45, 7) is 0. The van der Waals surface area contributed by atoms with E-state index in [0.29, 0.717) is 12.2 Å². The van der Waals surface area contributed by atoms with Crippen LogP contribution >= 0.6 is 11.8 Å². The third-order valence-electron chi connectivity index (χ3n) is 2.56. The van der Waals surface area contributed by atoms with Gasteiger partial charge in [0.1, 0.15) is 11.4 Å². The average molecular weight is 231 g/mol. The van der Waals surface area contributed by atoms with Crippen molar-refractivity contribution in [2.75, 3.05) is 5.75 Å². The molecule has 0 aliphatic carbocycles. The van der Waals surface area contributed by atoms with Crippen molar-refractivity contribution in [1.82, 2.24) is 10.2 Å². The molecule has 0 bridgehead atoms. The van der Waals surface area contributed by atoms with E-state index in [0.717, 1.165) is 0 Å². The van der Waals surface area contributed by atoms with Crippen LogP contribution in [0.15, 0.2) is 0 Å². The van der Waals surface area contributed by atoms with Gasteiger partial charge in [-0.1, -0.05) is 0 Å². The molecule has 0 aromatic carbocycles. The summed E-state index contributed by atoms with van der Waals surface area (Å²) >= 11 is 1.26. The quantitative estimate of drug-likeness (QED) is 0.287. The molecule has 2 fully saturated rings. The first-order valence-corrected chi connectivity index (χ1v) is 5.24. The number of nitrogens with zero attached hydrogens (tertiary/aromatic N) is 1. The Morgan fingerprint density at radius 3 is 3.00 bits per heavy atom. The van der Waals surface area contributed by atoms with E-state index in [2.05, 4.69) is 5.32 Å². The maximum atomic E-state index is 11.6. The first kappa shape index (κ1) is 10.2. The SMILES string of the molecule is N[C@]1(NC=O)C(=O)N2C(C(=O)O)CS[C@H]21. The molecule has 0 aromatic rings. The molecule has 0 aromatic heterocycles. The fourth-order valence-corrected chi connectivity index (χ4v) is 3.28. The Bertz CT molecular complexity index is 349. The molecule has 82 valence electrons. The molecular weight excluding hydrogens is 222 g/mol. The van der Waals surface area contributed by atoms with Crippen molar-refractivity contribution in [3.8, 4) is 0 Å². The lowest BCUT2D eigenvalue weighted by molar-refractivity contribution is -0.166. The van der Waals surface area contributed by atoms with Crippen LogP contribution in [0.1, 0.15) is 0 Å².